The van der Waals surface area contributed by atoms with Gasteiger partial charge in [0, 0.05) is 5.56 Å². The van der Waals surface area contributed by atoms with Crippen molar-refractivity contribution in [1.82, 2.24) is 9.55 Å². The Hall–Kier alpha value is -2.30. The summed E-state index contributed by atoms with van der Waals surface area (Å²) in [7, 11) is 1.35. The third kappa shape index (κ3) is 1.55. The number of rotatable bonds is 1. The van der Waals surface area contributed by atoms with Crippen molar-refractivity contribution in [2.45, 2.75) is 6.54 Å². The summed E-state index contributed by atoms with van der Waals surface area (Å²) in [5.74, 6) is 0.336. The number of carbonyl (C=O) groups is 1. The number of esters is 1. The van der Waals surface area contributed by atoms with E-state index >= 15 is 0 Å². The summed E-state index contributed by atoms with van der Waals surface area (Å²) in [6.45, 7) is 1.22. The molecule has 0 bridgehead atoms. The second kappa shape index (κ2) is 4.18. The fourth-order valence-corrected chi connectivity index (χ4v) is 2.12. The average Bonchev–Trinajstić information content (AvgIpc) is 2.74. The summed E-state index contributed by atoms with van der Waals surface area (Å²) in [6.07, 6.45) is 1.65. The molecule has 0 aliphatic carbocycles. The standard InChI is InChI=1S/C13H12N2O3/c1-17-13(16)11-12-9-4-2-3-5-10(9)18-7-6-15(12)8-14-11/h2-5,8H,6-7H2,1H3. The highest BCUT2D eigenvalue weighted by molar-refractivity contribution is 5.95. The zero-order chi connectivity index (χ0) is 12.5. The van der Waals surface area contributed by atoms with Crippen LogP contribution in [0.3, 0.4) is 0 Å². The smallest absolute Gasteiger partial charge is 0.358 e. The molecule has 0 fully saturated rings. The number of hydrogen-bond donors (Lipinski definition) is 0. The van der Waals surface area contributed by atoms with Crippen molar-refractivity contribution >= 4 is 5.97 Å². The molecule has 5 nitrogen and oxygen atoms in total. The summed E-state index contributed by atoms with van der Waals surface area (Å²) >= 11 is 0. The summed E-state index contributed by atoms with van der Waals surface area (Å²) in [6, 6.07) is 7.62. The summed E-state index contributed by atoms with van der Waals surface area (Å²) in [5.41, 5.74) is 1.96. The van der Waals surface area contributed by atoms with Gasteiger partial charge in [0.25, 0.3) is 0 Å². The predicted molar refractivity (Wildman–Crippen MR) is 64.5 cm³/mol. The van der Waals surface area contributed by atoms with Gasteiger partial charge in [0.05, 0.1) is 25.7 Å². The van der Waals surface area contributed by atoms with Gasteiger partial charge in [0.2, 0.25) is 0 Å². The molecule has 0 saturated heterocycles. The van der Waals surface area contributed by atoms with Gasteiger partial charge in [-0.05, 0) is 12.1 Å². The van der Waals surface area contributed by atoms with Crippen molar-refractivity contribution in [1.29, 1.82) is 0 Å². The van der Waals surface area contributed by atoms with Crippen LogP contribution in [0.5, 0.6) is 5.75 Å². The molecule has 3 rings (SSSR count). The Kier molecular flexibility index (Phi) is 2.51. The lowest BCUT2D eigenvalue weighted by Gasteiger charge is -2.07. The van der Waals surface area contributed by atoms with Gasteiger partial charge in [-0.1, -0.05) is 12.1 Å². The number of aromatic nitrogens is 2. The van der Waals surface area contributed by atoms with Gasteiger partial charge in [0.1, 0.15) is 12.4 Å². The lowest BCUT2D eigenvalue weighted by atomic mass is 10.1. The summed E-state index contributed by atoms with van der Waals surface area (Å²) < 4.78 is 12.3. The Balaban J connectivity index is 2.24. The largest absolute Gasteiger partial charge is 0.491 e. The van der Waals surface area contributed by atoms with Crippen LogP contribution in [-0.4, -0.2) is 29.2 Å². The summed E-state index contributed by atoms with van der Waals surface area (Å²) in [4.78, 5) is 15.9. The summed E-state index contributed by atoms with van der Waals surface area (Å²) in [5, 5.41) is 0. The number of para-hydroxylation sites is 1. The Morgan fingerprint density at radius 2 is 2.28 bits per heavy atom. The molecule has 0 saturated carbocycles. The topological polar surface area (TPSA) is 53.3 Å². The highest BCUT2D eigenvalue weighted by Crippen LogP contribution is 2.34. The third-order valence-corrected chi connectivity index (χ3v) is 2.95. The van der Waals surface area contributed by atoms with Crippen molar-refractivity contribution in [3.05, 3.63) is 36.3 Å². The molecule has 5 heteroatoms. The number of imidazole rings is 1. The number of ether oxygens (including phenoxy) is 2. The average molecular weight is 244 g/mol. The van der Waals surface area contributed by atoms with Gasteiger partial charge in [-0.3, -0.25) is 0 Å². The van der Waals surface area contributed by atoms with Crippen LogP contribution in [0.15, 0.2) is 30.6 Å². The molecule has 2 aromatic rings. The quantitative estimate of drug-likeness (QED) is 0.717. The Labute approximate surface area is 104 Å². The number of carbonyl (C=O) groups excluding carboxylic acids is 1. The second-order valence-corrected chi connectivity index (χ2v) is 3.97. The van der Waals surface area contributed by atoms with Crippen LogP contribution in [0, 0.1) is 0 Å². The number of fused-ring (bicyclic) bond motifs is 3. The molecule has 0 atom stereocenters. The van der Waals surface area contributed by atoms with E-state index in [0.717, 1.165) is 17.0 Å². The minimum atomic E-state index is -0.430. The highest BCUT2D eigenvalue weighted by atomic mass is 16.5. The minimum absolute atomic E-state index is 0.329. The Morgan fingerprint density at radius 1 is 1.44 bits per heavy atom. The molecule has 0 radical (unpaired) electrons. The molecule has 0 N–H and O–H groups in total. The first-order valence-electron chi connectivity index (χ1n) is 5.67. The maximum atomic E-state index is 11.7. The maximum Gasteiger partial charge on any atom is 0.358 e. The van der Waals surface area contributed by atoms with Gasteiger partial charge in [-0.2, -0.15) is 0 Å². The van der Waals surface area contributed by atoms with Gasteiger partial charge in [-0.15, -0.1) is 0 Å². The zero-order valence-corrected chi connectivity index (χ0v) is 9.92. The normalized spacial score (nSPS) is 12.9. The van der Waals surface area contributed by atoms with E-state index in [2.05, 4.69) is 4.98 Å². The van der Waals surface area contributed by atoms with Crippen molar-refractivity contribution in [3.63, 3.8) is 0 Å². The van der Waals surface area contributed by atoms with E-state index in [1.165, 1.54) is 7.11 Å². The van der Waals surface area contributed by atoms with Crippen LogP contribution < -0.4 is 4.74 Å². The Morgan fingerprint density at radius 3 is 3.11 bits per heavy atom. The Bertz CT molecular complexity index is 604. The van der Waals surface area contributed by atoms with Crippen molar-refractivity contribution in [2.24, 2.45) is 0 Å². The number of hydrogen-bond acceptors (Lipinski definition) is 4. The molecular formula is C13H12N2O3. The molecule has 1 aromatic heterocycles. The lowest BCUT2D eigenvalue weighted by Crippen LogP contribution is -2.06. The molecule has 1 aliphatic rings. The van der Waals surface area contributed by atoms with Crippen LogP contribution in [0.4, 0.5) is 0 Å². The SMILES string of the molecule is COC(=O)c1ncn2c1-c1ccccc1OCC2. The second-order valence-electron chi connectivity index (χ2n) is 3.97. The fourth-order valence-electron chi connectivity index (χ4n) is 2.12. The maximum absolute atomic E-state index is 11.7. The predicted octanol–water partition coefficient (Wildman–Crippen LogP) is 1.73. The van der Waals surface area contributed by atoms with Crippen molar-refractivity contribution in [3.8, 4) is 17.0 Å². The molecule has 1 aromatic carbocycles. The van der Waals surface area contributed by atoms with E-state index in [0.29, 0.717) is 18.8 Å². The minimum Gasteiger partial charge on any atom is -0.491 e. The van der Waals surface area contributed by atoms with E-state index in [9.17, 15) is 4.79 Å². The van der Waals surface area contributed by atoms with Gasteiger partial charge < -0.3 is 14.0 Å². The molecule has 92 valence electrons. The first-order valence-corrected chi connectivity index (χ1v) is 5.67. The van der Waals surface area contributed by atoms with Crippen LogP contribution in [0.2, 0.25) is 0 Å². The molecule has 0 unspecified atom stereocenters. The first-order chi connectivity index (χ1) is 8.81. The fraction of sp³-hybridized carbons (Fsp3) is 0.231. The van der Waals surface area contributed by atoms with E-state index in [4.69, 9.17) is 9.47 Å². The van der Waals surface area contributed by atoms with Crippen LogP contribution in [0.1, 0.15) is 10.5 Å². The molecule has 18 heavy (non-hydrogen) atoms. The number of benzene rings is 1. The molecular weight excluding hydrogens is 232 g/mol. The van der Waals surface area contributed by atoms with Crippen LogP contribution in [0.25, 0.3) is 11.3 Å². The zero-order valence-electron chi connectivity index (χ0n) is 9.92. The molecule has 0 amide bonds. The van der Waals surface area contributed by atoms with Crippen LogP contribution >= 0.6 is 0 Å². The van der Waals surface area contributed by atoms with E-state index < -0.39 is 5.97 Å². The molecule has 0 spiro atoms. The van der Waals surface area contributed by atoms with Gasteiger partial charge in [0.15, 0.2) is 5.69 Å². The third-order valence-electron chi connectivity index (χ3n) is 2.95. The van der Waals surface area contributed by atoms with Crippen molar-refractivity contribution in [2.75, 3.05) is 13.7 Å². The van der Waals surface area contributed by atoms with E-state index in [1.54, 1.807) is 6.33 Å². The lowest BCUT2D eigenvalue weighted by molar-refractivity contribution is 0.0595. The van der Waals surface area contributed by atoms with Crippen LogP contribution in [-0.2, 0) is 11.3 Å². The molecule has 2 heterocycles. The number of nitrogens with zero attached hydrogens (tertiary/aromatic N) is 2. The van der Waals surface area contributed by atoms with E-state index in [1.807, 2.05) is 28.8 Å². The highest BCUT2D eigenvalue weighted by Gasteiger charge is 2.24. The van der Waals surface area contributed by atoms with Crippen molar-refractivity contribution < 1.29 is 14.3 Å². The van der Waals surface area contributed by atoms with Gasteiger partial charge >= 0.3 is 5.97 Å². The van der Waals surface area contributed by atoms with Gasteiger partial charge in [-0.25, -0.2) is 9.78 Å². The molecule has 1 aliphatic heterocycles. The number of methoxy groups -OCH3 is 1. The first kappa shape index (κ1) is 10.8. The van der Waals surface area contributed by atoms with E-state index in [-0.39, 0.29) is 0 Å². The monoisotopic (exact) mass is 244 g/mol.